The maximum atomic E-state index is 13.0. The van der Waals surface area contributed by atoms with Crippen molar-refractivity contribution in [2.24, 2.45) is 5.14 Å². The number of halogens is 1. The average molecular weight is 464 g/mol. The number of aromatic nitrogens is 2. The van der Waals surface area contributed by atoms with Crippen molar-refractivity contribution < 1.29 is 31.6 Å². The molecule has 1 amide bonds. The fraction of sp³-hybridized carbons (Fsp3) is 0.158. The first-order valence-electron chi connectivity index (χ1n) is 9.00. The summed E-state index contributed by atoms with van der Waals surface area (Å²) < 4.78 is 46.4. The van der Waals surface area contributed by atoms with E-state index in [1.165, 1.54) is 37.3 Å². The summed E-state index contributed by atoms with van der Waals surface area (Å²) in [7, 11) is -3.96. The minimum absolute atomic E-state index is 0.122. The highest BCUT2D eigenvalue weighted by molar-refractivity contribution is 7.89. The number of nitrogens with one attached hydrogen (secondary N) is 1. The molecule has 168 valence electrons. The second-order valence-corrected chi connectivity index (χ2v) is 8.09. The van der Waals surface area contributed by atoms with Crippen LogP contribution < -0.4 is 16.2 Å². The number of nitrogens with zero attached hydrogens (tertiary/aromatic N) is 2. The minimum atomic E-state index is -3.96. The van der Waals surface area contributed by atoms with Crippen molar-refractivity contribution >= 4 is 27.6 Å². The van der Waals surface area contributed by atoms with Gasteiger partial charge in [-0.1, -0.05) is 6.07 Å². The molecular weight excluding hydrogens is 447 g/mol. The van der Waals surface area contributed by atoms with E-state index in [0.29, 0.717) is 10.2 Å². The Hall–Kier alpha value is -3.84. The van der Waals surface area contributed by atoms with Gasteiger partial charge in [0.1, 0.15) is 12.4 Å². The van der Waals surface area contributed by atoms with Gasteiger partial charge in [-0.2, -0.15) is 4.68 Å². The lowest BCUT2D eigenvalue weighted by molar-refractivity contribution is -0.154. The maximum absolute atomic E-state index is 13.0. The van der Waals surface area contributed by atoms with Crippen LogP contribution in [0.2, 0.25) is 0 Å². The zero-order chi connectivity index (χ0) is 23.5. The molecule has 3 rings (SSSR count). The second-order valence-electron chi connectivity index (χ2n) is 6.53. The van der Waals surface area contributed by atoms with E-state index in [1.807, 2.05) is 0 Å². The third kappa shape index (κ3) is 5.65. The van der Waals surface area contributed by atoms with Crippen molar-refractivity contribution in [3.8, 4) is 11.5 Å². The zero-order valence-electron chi connectivity index (χ0n) is 16.5. The highest BCUT2D eigenvalue weighted by atomic mass is 32.2. The zero-order valence-corrected chi connectivity index (χ0v) is 17.3. The van der Waals surface area contributed by atoms with Gasteiger partial charge in [0.25, 0.3) is 5.91 Å². The summed E-state index contributed by atoms with van der Waals surface area (Å²) >= 11 is 0. The summed E-state index contributed by atoms with van der Waals surface area (Å²) in [4.78, 5) is 36.1. The molecule has 0 fully saturated rings. The summed E-state index contributed by atoms with van der Waals surface area (Å²) in [6, 6.07) is 10.2. The number of ether oxygens (including phenoxy) is 1. The molecule has 1 atom stereocenters. The Labute approximate surface area is 180 Å². The van der Waals surface area contributed by atoms with Crippen molar-refractivity contribution in [2.45, 2.75) is 24.5 Å². The van der Waals surface area contributed by atoms with Gasteiger partial charge in [-0.3, -0.25) is 9.59 Å². The molecule has 1 unspecified atom stereocenters. The third-order valence-corrected chi connectivity index (χ3v) is 4.99. The molecule has 0 saturated carbocycles. The molecule has 13 heteroatoms. The van der Waals surface area contributed by atoms with E-state index in [1.54, 1.807) is 0 Å². The first kappa shape index (κ1) is 22.8. The standard InChI is InChI=1S/C19H17FN4O7S/c1-11(17(26)22-14-3-2-4-15(9-14)32(21,28)29)30-16(25)10-24-19(27)31-18(23-24)12-5-7-13(20)8-6-12/h2-9,11H,10H2,1H3,(H,22,26)(H2,21,28,29). The molecule has 3 aromatic rings. The van der Waals surface area contributed by atoms with Gasteiger partial charge >= 0.3 is 11.7 Å². The predicted molar refractivity (Wildman–Crippen MR) is 108 cm³/mol. The Bertz CT molecular complexity index is 1320. The van der Waals surface area contributed by atoms with Crippen LogP contribution in [0.3, 0.4) is 0 Å². The number of carbonyl (C=O) groups excluding carboxylic acids is 2. The summed E-state index contributed by atoms with van der Waals surface area (Å²) in [5, 5.41) is 11.3. The molecule has 2 aromatic carbocycles. The van der Waals surface area contributed by atoms with E-state index in [-0.39, 0.29) is 16.5 Å². The van der Waals surface area contributed by atoms with Crippen LogP contribution in [0.1, 0.15) is 6.92 Å². The van der Waals surface area contributed by atoms with E-state index < -0.39 is 46.1 Å². The van der Waals surface area contributed by atoms with Crippen molar-refractivity contribution in [3.63, 3.8) is 0 Å². The molecule has 0 bridgehead atoms. The third-order valence-electron chi connectivity index (χ3n) is 4.08. The SMILES string of the molecule is CC(OC(=O)Cn1nc(-c2ccc(F)cc2)oc1=O)C(=O)Nc1cccc(S(N)(=O)=O)c1. The lowest BCUT2D eigenvalue weighted by Gasteiger charge is -2.13. The van der Waals surface area contributed by atoms with Gasteiger partial charge in [0.05, 0.1) is 4.90 Å². The topological polar surface area (TPSA) is 164 Å². The molecule has 1 heterocycles. The fourth-order valence-electron chi connectivity index (χ4n) is 2.52. The summed E-state index contributed by atoms with van der Waals surface area (Å²) in [5.74, 6) is -3.25. The molecule has 0 aliphatic carbocycles. The second kappa shape index (κ2) is 9.11. The van der Waals surface area contributed by atoms with Crippen molar-refractivity contribution in [3.05, 3.63) is 64.9 Å². The Balaban J connectivity index is 1.62. The van der Waals surface area contributed by atoms with Crippen molar-refractivity contribution in [1.29, 1.82) is 0 Å². The van der Waals surface area contributed by atoms with Crippen LogP contribution in [0.5, 0.6) is 0 Å². The van der Waals surface area contributed by atoms with Crippen LogP contribution in [0.25, 0.3) is 11.5 Å². The van der Waals surface area contributed by atoms with Gasteiger partial charge in [0, 0.05) is 11.3 Å². The lowest BCUT2D eigenvalue weighted by atomic mass is 10.2. The lowest BCUT2D eigenvalue weighted by Crippen LogP contribution is -2.32. The first-order chi connectivity index (χ1) is 15.0. The molecule has 11 nitrogen and oxygen atoms in total. The Morgan fingerprint density at radius 2 is 1.94 bits per heavy atom. The van der Waals surface area contributed by atoms with Crippen LogP contribution in [-0.4, -0.2) is 36.2 Å². The van der Waals surface area contributed by atoms with Gasteiger partial charge < -0.3 is 14.5 Å². The largest absolute Gasteiger partial charge is 0.451 e. The highest BCUT2D eigenvalue weighted by Crippen LogP contribution is 2.16. The number of sulfonamides is 1. The molecular formula is C19H17FN4O7S. The molecule has 0 spiro atoms. The number of esters is 1. The van der Waals surface area contributed by atoms with E-state index in [4.69, 9.17) is 14.3 Å². The van der Waals surface area contributed by atoms with Gasteiger partial charge in [0.15, 0.2) is 6.10 Å². The summed E-state index contributed by atoms with van der Waals surface area (Å²) in [5.41, 5.74) is 0.450. The number of nitrogens with two attached hydrogens (primary N) is 1. The fourth-order valence-corrected chi connectivity index (χ4v) is 3.08. The molecule has 1 aromatic heterocycles. The minimum Gasteiger partial charge on any atom is -0.451 e. The highest BCUT2D eigenvalue weighted by Gasteiger charge is 2.21. The Morgan fingerprint density at radius 1 is 1.25 bits per heavy atom. The van der Waals surface area contributed by atoms with E-state index in [0.717, 1.165) is 18.2 Å². The molecule has 0 aliphatic heterocycles. The summed E-state index contributed by atoms with van der Waals surface area (Å²) in [6.45, 7) is 0.647. The number of amides is 1. The number of primary sulfonamides is 1. The molecule has 0 radical (unpaired) electrons. The van der Waals surface area contributed by atoms with Crippen molar-refractivity contribution in [2.75, 3.05) is 5.32 Å². The van der Waals surface area contributed by atoms with Gasteiger partial charge in [-0.25, -0.2) is 22.7 Å². The van der Waals surface area contributed by atoms with Crippen LogP contribution in [-0.2, 0) is 30.9 Å². The Morgan fingerprint density at radius 3 is 2.59 bits per heavy atom. The number of anilines is 1. The van der Waals surface area contributed by atoms with Crippen LogP contribution in [0, 0.1) is 5.82 Å². The van der Waals surface area contributed by atoms with Crippen LogP contribution >= 0.6 is 0 Å². The van der Waals surface area contributed by atoms with E-state index >= 15 is 0 Å². The van der Waals surface area contributed by atoms with Crippen LogP contribution in [0.15, 0.2) is 62.6 Å². The van der Waals surface area contributed by atoms with Crippen molar-refractivity contribution in [1.82, 2.24) is 9.78 Å². The normalized spacial score (nSPS) is 12.2. The quantitative estimate of drug-likeness (QED) is 0.486. The molecule has 0 saturated heterocycles. The Kier molecular flexibility index (Phi) is 6.50. The number of hydrogen-bond acceptors (Lipinski definition) is 8. The number of hydrogen-bond donors (Lipinski definition) is 2. The average Bonchev–Trinajstić information content (AvgIpc) is 3.08. The molecule has 0 aliphatic rings. The number of carbonyl (C=O) groups is 2. The summed E-state index contributed by atoms with van der Waals surface area (Å²) in [6.07, 6.45) is -1.28. The van der Waals surface area contributed by atoms with E-state index in [9.17, 15) is 27.2 Å². The van der Waals surface area contributed by atoms with Gasteiger partial charge in [0.2, 0.25) is 15.9 Å². The smallest absolute Gasteiger partial charge is 0.437 e. The van der Waals surface area contributed by atoms with Gasteiger partial charge in [-0.05, 0) is 49.4 Å². The van der Waals surface area contributed by atoms with Gasteiger partial charge in [-0.15, -0.1) is 5.10 Å². The maximum Gasteiger partial charge on any atom is 0.437 e. The number of benzene rings is 2. The molecule has 32 heavy (non-hydrogen) atoms. The first-order valence-corrected chi connectivity index (χ1v) is 10.5. The van der Waals surface area contributed by atoms with Crippen LogP contribution in [0.4, 0.5) is 10.1 Å². The molecule has 3 N–H and O–H groups in total. The number of rotatable bonds is 7. The monoisotopic (exact) mass is 464 g/mol. The van der Waals surface area contributed by atoms with E-state index in [2.05, 4.69) is 10.4 Å². The predicted octanol–water partition coefficient (Wildman–Crippen LogP) is 0.860.